The van der Waals surface area contributed by atoms with Crippen LogP contribution in [0, 0.1) is 6.92 Å². The monoisotopic (exact) mass is 382 g/mol. The SMILES string of the molecule is Cc1c(P(=O)(c2ccccc2)c2ccccc2)oc2ccc3ccccc3c12. The van der Waals surface area contributed by atoms with Crippen LogP contribution in [0.25, 0.3) is 21.7 Å². The molecule has 0 spiro atoms. The van der Waals surface area contributed by atoms with Gasteiger partial charge in [0.25, 0.3) is 0 Å². The molecule has 0 saturated heterocycles. The maximum atomic E-state index is 14.7. The Bertz CT molecular complexity index is 1290. The molecule has 0 N–H and O–H groups in total. The first-order valence-electron chi connectivity index (χ1n) is 9.32. The van der Waals surface area contributed by atoms with Crippen molar-refractivity contribution in [2.75, 3.05) is 0 Å². The lowest BCUT2D eigenvalue weighted by molar-refractivity contribution is 0.579. The third-order valence-electron chi connectivity index (χ3n) is 5.32. The van der Waals surface area contributed by atoms with Crippen molar-refractivity contribution in [1.29, 1.82) is 0 Å². The molecule has 136 valence electrons. The average molecular weight is 382 g/mol. The van der Waals surface area contributed by atoms with Gasteiger partial charge in [0.1, 0.15) is 5.58 Å². The van der Waals surface area contributed by atoms with E-state index in [0.717, 1.165) is 37.9 Å². The zero-order chi connectivity index (χ0) is 19.1. The van der Waals surface area contributed by atoms with Crippen molar-refractivity contribution in [3.63, 3.8) is 0 Å². The second-order valence-electron chi connectivity index (χ2n) is 6.97. The third-order valence-corrected chi connectivity index (χ3v) is 8.37. The molecule has 5 rings (SSSR count). The lowest BCUT2D eigenvalue weighted by Gasteiger charge is -2.18. The summed E-state index contributed by atoms with van der Waals surface area (Å²) in [6.45, 7) is 2.02. The van der Waals surface area contributed by atoms with Crippen LogP contribution in [-0.4, -0.2) is 0 Å². The van der Waals surface area contributed by atoms with Crippen LogP contribution in [0.1, 0.15) is 5.56 Å². The zero-order valence-electron chi connectivity index (χ0n) is 15.5. The highest BCUT2D eigenvalue weighted by atomic mass is 31.2. The molecule has 0 amide bonds. The van der Waals surface area contributed by atoms with Crippen LogP contribution in [0.4, 0.5) is 0 Å². The van der Waals surface area contributed by atoms with Crippen molar-refractivity contribution >= 4 is 45.0 Å². The number of fused-ring (bicyclic) bond motifs is 3. The van der Waals surface area contributed by atoms with Crippen LogP contribution < -0.4 is 16.1 Å². The van der Waals surface area contributed by atoms with E-state index in [1.54, 1.807) is 0 Å². The second-order valence-corrected chi connectivity index (χ2v) is 9.63. The van der Waals surface area contributed by atoms with Crippen molar-refractivity contribution < 1.29 is 8.98 Å². The fourth-order valence-electron chi connectivity index (χ4n) is 3.97. The molecule has 5 aromatic rings. The summed E-state index contributed by atoms with van der Waals surface area (Å²) in [5.41, 5.74) is 2.29. The molecule has 0 unspecified atom stereocenters. The Kier molecular flexibility index (Phi) is 3.96. The van der Waals surface area contributed by atoms with E-state index < -0.39 is 7.14 Å². The van der Waals surface area contributed by atoms with Gasteiger partial charge in [-0.1, -0.05) is 91.0 Å². The van der Waals surface area contributed by atoms with Gasteiger partial charge in [0, 0.05) is 21.6 Å². The minimum atomic E-state index is -3.13. The van der Waals surface area contributed by atoms with Crippen molar-refractivity contribution in [1.82, 2.24) is 0 Å². The van der Waals surface area contributed by atoms with E-state index in [1.807, 2.05) is 85.8 Å². The summed E-state index contributed by atoms with van der Waals surface area (Å²) in [6.07, 6.45) is 0. The molecule has 0 atom stereocenters. The van der Waals surface area contributed by atoms with E-state index in [4.69, 9.17) is 4.42 Å². The number of hydrogen-bond donors (Lipinski definition) is 0. The molecule has 0 aliphatic heterocycles. The standard InChI is InChI=1S/C25H19O2P/c1-18-24-22-15-9-8-10-19(22)16-17-23(24)27-25(18)28(26,20-11-4-2-5-12-20)21-13-6-3-7-14-21/h2-17H,1H3. The number of rotatable bonds is 3. The van der Waals surface area contributed by atoms with E-state index in [-0.39, 0.29) is 0 Å². The van der Waals surface area contributed by atoms with E-state index in [2.05, 4.69) is 18.2 Å². The number of furan rings is 1. The third kappa shape index (κ3) is 2.46. The smallest absolute Gasteiger partial charge is 0.204 e. The molecule has 28 heavy (non-hydrogen) atoms. The van der Waals surface area contributed by atoms with E-state index in [0.29, 0.717) is 5.50 Å². The largest absolute Gasteiger partial charge is 0.452 e. The predicted octanol–water partition coefficient (Wildman–Crippen LogP) is 5.53. The Labute approximate surface area is 163 Å². The van der Waals surface area contributed by atoms with Crippen molar-refractivity contribution in [3.05, 3.63) is 103 Å². The van der Waals surface area contributed by atoms with Crippen molar-refractivity contribution in [2.45, 2.75) is 6.92 Å². The predicted molar refractivity (Wildman–Crippen MR) is 118 cm³/mol. The molecule has 0 bridgehead atoms. The first kappa shape index (κ1) is 17.0. The molecule has 3 heteroatoms. The van der Waals surface area contributed by atoms with E-state index in [9.17, 15) is 4.57 Å². The van der Waals surface area contributed by atoms with Gasteiger partial charge in [-0.15, -0.1) is 0 Å². The van der Waals surface area contributed by atoms with Gasteiger partial charge in [-0.25, -0.2) is 0 Å². The summed E-state index contributed by atoms with van der Waals surface area (Å²) < 4.78 is 21.0. The Morgan fingerprint density at radius 3 is 1.89 bits per heavy atom. The van der Waals surface area contributed by atoms with Gasteiger partial charge in [-0.3, -0.25) is 0 Å². The lowest BCUT2D eigenvalue weighted by atomic mass is 10.0. The van der Waals surface area contributed by atoms with Gasteiger partial charge in [0.2, 0.25) is 7.14 Å². The van der Waals surface area contributed by atoms with E-state index in [1.165, 1.54) is 0 Å². The van der Waals surface area contributed by atoms with Gasteiger partial charge < -0.3 is 8.98 Å². The number of aryl methyl sites for hydroxylation is 1. The maximum Gasteiger partial charge on any atom is 0.204 e. The summed E-state index contributed by atoms with van der Waals surface area (Å²) in [5.74, 6) is 0. The average Bonchev–Trinajstić information content (AvgIpc) is 3.12. The van der Waals surface area contributed by atoms with Crippen LogP contribution >= 0.6 is 7.14 Å². The normalized spacial score (nSPS) is 11.9. The van der Waals surface area contributed by atoms with Gasteiger partial charge >= 0.3 is 0 Å². The highest BCUT2D eigenvalue weighted by Gasteiger charge is 2.35. The lowest BCUT2D eigenvalue weighted by Crippen LogP contribution is -2.25. The number of benzene rings is 4. The van der Waals surface area contributed by atoms with Gasteiger partial charge in [-0.05, 0) is 23.8 Å². The number of hydrogen-bond acceptors (Lipinski definition) is 2. The Morgan fingerprint density at radius 1 is 0.679 bits per heavy atom. The first-order chi connectivity index (χ1) is 13.7. The second kappa shape index (κ2) is 6.51. The molecule has 4 aromatic carbocycles. The fraction of sp³-hybridized carbons (Fsp3) is 0.0400. The highest BCUT2D eigenvalue weighted by molar-refractivity contribution is 7.85. The molecule has 0 radical (unpaired) electrons. The summed E-state index contributed by atoms with van der Waals surface area (Å²) in [7, 11) is -3.13. The van der Waals surface area contributed by atoms with Crippen LogP contribution in [0.2, 0.25) is 0 Å². The maximum absolute atomic E-state index is 14.7. The summed E-state index contributed by atoms with van der Waals surface area (Å²) in [5, 5.41) is 4.89. The fourth-order valence-corrected chi connectivity index (χ4v) is 6.73. The summed E-state index contributed by atoms with van der Waals surface area (Å²) >= 11 is 0. The molecule has 0 fully saturated rings. The van der Waals surface area contributed by atoms with Crippen LogP contribution in [-0.2, 0) is 4.57 Å². The molecule has 2 nitrogen and oxygen atoms in total. The first-order valence-corrected chi connectivity index (χ1v) is 11.0. The Hall–Kier alpha value is -3.09. The van der Waals surface area contributed by atoms with Crippen molar-refractivity contribution in [3.8, 4) is 0 Å². The van der Waals surface area contributed by atoms with Crippen LogP contribution in [0.3, 0.4) is 0 Å². The molecule has 1 aromatic heterocycles. The Morgan fingerprint density at radius 2 is 1.25 bits per heavy atom. The molecule has 1 heterocycles. The molecule has 0 saturated carbocycles. The topological polar surface area (TPSA) is 30.2 Å². The highest BCUT2D eigenvalue weighted by Crippen LogP contribution is 2.46. The minimum Gasteiger partial charge on any atom is -0.452 e. The molecular weight excluding hydrogens is 363 g/mol. The zero-order valence-corrected chi connectivity index (χ0v) is 16.4. The minimum absolute atomic E-state index is 0.566. The van der Waals surface area contributed by atoms with E-state index >= 15 is 0 Å². The van der Waals surface area contributed by atoms with Gasteiger partial charge in [-0.2, -0.15) is 0 Å². The molecule has 0 aliphatic carbocycles. The van der Waals surface area contributed by atoms with Crippen molar-refractivity contribution in [2.24, 2.45) is 0 Å². The quantitative estimate of drug-likeness (QED) is 0.384. The molecular formula is C25H19O2P. The van der Waals surface area contributed by atoms with Gasteiger partial charge in [0.05, 0.1) is 0 Å². The van der Waals surface area contributed by atoms with Gasteiger partial charge in [0.15, 0.2) is 5.50 Å². The summed E-state index contributed by atoms with van der Waals surface area (Å²) in [6, 6.07) is 31.6. The van der Waals surface area contributed by atoms with Crippen LogP contribution in [0.15, 0.2) is 101 Å². The van der Waals surface area contributed by atoms with Crippen LogP contribution in [0.5, 0.6) is 0 Å². The summed E-state index contributed by atoms with van der Waals surface area (Å²) in [4.78, 5) is 0. The Balaban J connectivity index is 1.89. The molecule has 0 aliphatic rings.